The van der Waals surface area contributed by atoms with Crippen LogP contribution >= 0.6 is 0 Å². The Balaban J connectivity index is 1.34. The number of fused-ring (bicyclic) bond motifs is 1. The van der Waals surface area contributed by atoms with Crippen molar-refractivity contribution in [2.75, 3.05) is 23.8 Å². The van der Waals surface area contributed by atoms with Gasteiger partial charge in [-0.05, 0) is 44.6 Å². The zero-order chi connectivity index (χ0) is 19.6. The van der Waals surface area contributed by atoms with Gasteiger partial charge in [-0.2, -0.15) is 10.1 Å². The van der Waals surface area contributed by atoms with Crippen LogP contribution in [0.2, 0.25) is 0 Å². The summed E-state index contributed by atoms with van der Waals surface area (Å²) in [5, 5.41) is 11.4. The molecular formula is C20H28N8O. The SMILES string of the molecule is NC1CCC(Nc2nc(Nc3cnn(C4CCOCC4)c3)nc3cc[nH]c23)CC1. The maximum absolute atomic E-state index is 6.05. The van der Waals surface area contributed by atoms with Crippen molar-refractivity contribution in [2.24, 2.45) is 5.73 Å². The van der Waals surface area contributed by atoms with Gasteiger partial charge in [0.05, 0.1) is 23.4 Å². The Labute approximate surface area is 169 Å². The number of nitrogens with one attached hydrogen (secondary N) is 3. The fourth-order valence-electron chi connectivity index (χ4n) is 4.24. The van der Waals surface area contributed by atoms with Crippen LogP contribution in [0, 0.1) is 0 Å². The second-order valence-corrected chi connectivity index (χ2v) is 8.07. The van der Waals surface area contributed by atoms with Crippen LogP contribution in [0.5, 0.6) is 0 Å². The van der Waals surface area contributed by atoms with Crippen molar-refractivity contribution in [3.8, 4) is 0 Å². The molecule has 2 aliphatic rings. The molecule has 1 saturated carbocycles. The molecule has 0 atom stereocenters. The standard InChI is InChI=1S/C20H28N8O/c21-13-1-3-14(4-2-13)24-19-18-17(5-8-22-18)26-20(27-19)25-15-11-23-28(12-15)16-6-9-29-10-7-16/h5,8,11-14,16,22H,1-4,6-7,9-10,21H2,(H2,24,25,26,27). The summed E-state index contributed by atoms with van der Waals surface area (Å²) >= 11 is 0. The molecule has 3 aromatic heterocycles. The van der Waals surface area contributed by atoms with E-state index in [4.69, 9.17) is 15.5 Å². The fourth-order valence-corrected chi connectivity index (χ4v) is 4.24. The minimum atomic E-state index is 0.327. The number of aromatic nitrogens is 5. The summed E-state index contributed by atoms with van der Waals surface area (Å²) in [6.45, 7) is 1.59. The minimum absolute atomic E-state index is 0.327. The Kier molecular flexibility index (Phi) is 5.07. The molecule has 0 aromatic carbocycles. The van der Waals surface area contributed by atoms with Gasteiger partial charge in [0.1, 0.15) is 5.52 Å². The molecule has 9 heteroatoms. The summed E-state index contributed by atoms with van der Waals surface area (Å²) in [4.78, 5) is 12.7. The van der Waals surface area contributed by atoms with Crippen LogP contribution in [0.4, 0.5) is 17.5 Å². The lowest BCUT2D eigenvalue weighted by Crippen LogP contribution is -2.33. The van der Waals surface area contributed by atoms with Gasteiger partial charge in [0.2, 0.25) is 5.95 Å². The third-order valence-electron chi connectivity index (χ3n) is 5.94. The van der Waals surface area contributed by atoms with Gasteiger partial charge < -0.3 is 26.1 Å². The first-order valence-electron chi connectivity index (χ1n) is 10.5. The Morgan fingerprint density at radius 1 is 1.10 bits per heavy atom. The average molecular weight is 396 g/mol. The van der Waals surface area contributed by atoms with Gasteiger partial charge in [-0.15, -0.1) is 0 Å². The van der Waals surface area contributed by atoms with Crippen molar-refractivity contribution in [3.63, 3.8) is 0 Å². The minimum Gasteiger partial charge on any atom is -0.381 e. The van der Waals surface area contributed by atoms with E-state index in [1.807, 2.05) is 29.3 Å². The molecule has 9 nitrogen and oxygen atoms in total. The number of H-pyrrole nitrogens is 1. The molecule has 0 spiro atoms. The van der Waals surface area contributed by atoms with Crippen LogP contribution in [0.15, 0.2) is 24.7 Å². The van der Waals surface area contributed by atoms with Gasteiger partial charge in [0, 0.05) is 37.7 Å². The molecule has 154 valence electrons. The predicted molar refractivity (Wildman–Crippen MR) is 112 cm³/mol. The molecule has 0 radical (unpaired) electrons. The fraction of sp³-hybridized carbons (Fsp3) is 0.550. The number of hydrogen-bond acceptors (Lipinski definition) is 7. The third kappa shape index (κ3) is 4.06. The van der Waals surface area contributed by atoms with Gasteiger partial charge in [0.15, 0.2) is 5.82 Å². The summed E-state index contributed by atoms with van der Waals surface area (Å²) in [5.74, 6) is 1.40. The monoisotopic (exact) mass is 396 g/mol. The van der Waals surface area contributed by atoms with Crippen LogP contribution in [0.25, 0.3) is 11.0 Å². The Morgan fingerprint density at radius 3 is 2.76 bits per heavy atom. The maximum Gasteiger partial charge on any atom is 0.229 e. The van der Waals surface area contributed by atoms with E-state index >= 15 is 0 Å². The molecule has 3 aromatic rings. The normalized spacial score (nSPS) is 23.3. The summed E-state index contributed by atoms with van der Waals surface area (Å²) in [7, 11) is 0. The highest BCUT2D eigenvalue weighted by Gasteiger charge is 2.21. The van der Waals surface area contributed by atoms with Crippen LogP contribution < -0.4 is 16.4 Å². The first-order chi connectivity index (χ1) is 14.2. The second kappa shape index (κ2) is 8.00. The number of ether oxygens (including phenoxy) is 1. The number of anilines is 3. The highest BCUT2D eigenvalue weighted by molar-refractivity contribution is 5.87. The third-order valence-corrected chi connectivity index (χ3v) is 5.94. The molecule has 1 aliphatic heterocycles. The molecule has 4 heterocycles. The van der Waals surface area contributed by atoms with Crippen LogP contribution in [-0.4, -0.2) is 50.0 Å². The Bertz CT molecular complexity index is 952. The van der Waals surface area contributed by atoms with E-state index in [1.54, 1.807) is 0 Å². The quantitative estimate of drug-likeness (QED) is 0.523. The van der Waals surface area contributed by atoms with Gasteiger partial charge >= 0.3 is 0 Å². The molecule has 5 rings (SSSR count). The second-order valence-electron chi connectivity index (χ2n) is 8.07. The Hall–Kier alpha value is -2.65. The molecule has 1 saturated heterocycles. The summed E-state index contributed by atoms with van der Waals surface area (Å²) in [5.41, 5.74) is 8.75. The lowest BCUT2D eigenvalue weighted by molar-refractivity contribution is 0.0662. The van der Waals surface area contributed by atoms with E-state index < -0.39 is 0 Å². The van der Waals surface area contributed by atoms with Crippen LogP contribution in [0.3, 0.4) is 0 Å². The number of aromatic amines is 1. The molecule has 5 N–H and O–H groups in total. The molecule has 0 bridgehead atoms. The van der Waals surface area contributed by atoms with E-state index in [0.29, 0.717) is 24.1 Å². The van der Waals surface area contributed by atoms with E-state index in [0.717, 1.165) is 74.3 Å². The zero-order valence-corrected chi connectivity index (χ0v) is 16.5. The molecular weight excluding hydrogens is 368 g/mol. The number of nitrogens with zero attached hydrogens (tertiary/aromatic N) is 4. The first kappa shape index (κ1) is 18.4. The van der Waals surface area contributed by atoms with Gasteiger partial charge in [-0.3, -0.25) is 4.68 Å². The average Bonchev–Trinajstić information content (AvgIpc) is 3.40. The largest absolute Gasteiger partial charge is 0.381 e. The number of rotatable bonds is 5. The van der Waals surface area contributed by atoms with Gasteiger partial charge in [-0.1, -0.05) is 0 Å². The maximum atomic E-state index is 6.05. The van der Waals surface area contributed by atoms with Gasteiger partial charge in [-0.25, -0.2) is 4.98 Å². The smallest absolute Gasteiger partial charge is 0.229 e. The first-order valence-corrected chi connectivity index (χ1v) is 10.5. The number of hydrogen-bond donors (Lipinski definition) is 4. The van der Waals surface area contributed by atoms with E-state index in [1.165, 1.54) is 0 Å². The molecule has 0 unspecified atom stereocenters. The summed E-state index contributed by atoms with van der Waals surface area (Å²) in [6, 6.07) is 3.08. The highest BCUT2D eigenvalue weighted by atomic mass is 16.5. The zero-order valence-electron chi connectivity index (χ0n) is 16.5. The van der Waals surface area contributed by atoms with Crippen molar-refractivity contribution < 1.29 is 4.74 Å². The molecule has 2 fully saturated rings. The molecule has 29 heavy (non-hydrogen) atoms. The van der Waals surface area contributed by atoms with E-state index in [-0.39, 0.29) is 0 Å². The van der Waals surface area contributed by atoms with Gasteiger partial charge in [0.25, 0.3) is 0 Å². The molecule has 0 amide bonds. The van der Waals surface area contributed by atoms with E-state index in [9.17, 15) is 0 Å². The van der Waals surface area contributed by atoms with Crippen LogP contribution in [-0.2, 0) is 4.74 Å². The van der Waals surface area contributed by atoms with Crippen molar-refractivity contribution in [2.45, 2.75) is 56.7 Å². The van der Waals surface area contributed by atoms with Crippen LogP contribution in [0.1, 0.15) is 44.6 Å². The van der Waals surface area contributed by atoms with Crippen molar-refractivity contribution in [1.29, 1.82) is 0 Å². The number of nitrogens with two attached hydrogens (primary N) is 1. The van der Waals surface area contributed by atoms with Crippen molar-refractivity contribution in [3.05, 3.63) is 24.7 Å². The van der Waals surface area contributed by atoms with Crippen molar-refractivity contribution in [1.82, 2.24) is 24.7 Å². The topological polar surface area (TPSA) is 119 Å². The lowest BCUT2D eigenvalue weighted by atomic mass is 9.92. The van der Waals surface area contributed by atoms with Crippen molar-refractivity contribution >= 4 is 28.5 Å². The lowest BCUT2D eigenvalue weighted by Gasteiger charge is -2.27. The highest BCUT2D eigenvalue weighted by Crippen LogP contribution is 2.27. The molecule has 1 aliphatic carbocycles. The Morgan fingerprint density at radius 2 is 1.93 bits per heavy atom. The van der Waals surface area contributed by atoms with E-state index in [2.05, 4.69) is 25.7 Å². The predicted octanol–water partition coefficient (Wildman–Crippen LogP) is 2.93. The summed E-state index contributed by atoms with van der Waals surface area (Å²) < 4.78 is 7.46. The summed E-state index contributed by atoms with van der Waals surface area (Å²) in [6.07, 6.45) is 12.0.